The second kappa shape index (κ2) is 8.74. The molecule has 1 heterocycles. The first-order chi connectivity index (χ1) is 14.3. The van der Waals surface area contributed by atoms with Crippen LogP contribution in [0.2, 0.25) is 0 Å². The summed E-state index contributed by atoms with van der Waals surface area (Å²) in [5.41, 5.74) is -0.417. The molecule has 1 aliphatic rings. The van der Waals surface area contributed by atoms with Crippen LogP contribution in [0.1, 0.15) is 18.9 Å². The van der Waals surface area contributed by atoms with Gasteiger partial charge in [0.05, 0.1) is 20.8 Å². The minimum Gasteiger partial charge on any atom is -0.450 e. The lowest BCUT2D eigenvalue weighted by molar-refractivity contribution is -0.394. The fourth-order valence-corrected chi connectivity index (χ4v) is 3.58. The minimum absolute atomic E-state index is 0.161. The molecule has 0 aliphatic carbocycles. The molecular formula is C19H15N3O7S. The van der Waals surface area contributed by atoms with Gasteiger partial charge >= 0.3 is 5.69 Å². The lowest BCUT2D eigenvalue weighted by Crippen LogP contribution is -2.28. The van der Waals surface area contributed by atoms with Crippen molar-refractivity contribution in [3.8, 4) is 11.5 Å². The van der Waals surface area contributed by atoms with E-state index in [4.69, 9.17) is 4.74 Å². The van der Waals surface area contributed by atoms with Gasteiger partial charge in [-0.15, -0.1) is 0 Å². The van der Waals surface area contributed by atoms with E-state index in [1.807, 2.05) is 6.92 Å². The number of nitro benzene ring substituents is 2. The number of amides is 2. The number of rotatable bonds is 7. The van der Waals surface area contributed by atoms with Crippen molar-refractivity contribution in [3.63, 3.8) is 0 Å². The van der Waals surface area contributed by atoms with E-state index in [9.17, 15) is 29.8 Å². The maximum absolute atomic E-state index is 12.3. The number of nitro groups is 2. The van der Waals surface area contributed by atoms with Crippen molar-refractivity contribution in [1.82, 2.24) is 4.90 Å². The van der Waals surface area contributed by atoms with E-state index in [2.05, 4.69) is 0 Å². The third-order valence-electron chi connectivity index (χ3n) is 4.05. The number of ether oxygens (including phenoxy) is 1. The molecule has 0 spiro atoms. The van der Waals surface area contributed by atoms with Crippen LogP contribution < -0.4 is 4.74 Å². The molecule has 1 aliphatic heterocycles. The van der Waals surface area contributed by atoms with Gasteiger partial charge in [0.2, 0.25) is 5.75 Å². The van der Waals surface area contributed by atoms with E-state index in [1.165, 1.54) is 11.0 Å². The zero-order valence-electron chi connectivity index (χ0n) is 15.6. The van der Waals surface area contributed by atoms with Crippen LogP contribution in [0, 0.1) is 20.2 Å². The number of carbonyl (C=O) groups is 2. The zero-order chi connectivity index (χ0) is 21.8. The third-order valence-corrected chi connectivity index (χ3v) is 4.96. The molecular weight excluding hydrogens is 414 g/mol. The summed E-state index contributed by atoms with van der Waals surface area (Å²) in [6.45, 7) is 2.21. The third kappa shape index (κ3) is 4.46. The maximum Gasteiger partial charge on any atom is 0.318 e. The largest absolute Gasteiger partial charge is 0.450 e. The highest BCUT2D eigenvalue weighted by molar-refractivity contribution is 8.18. The van der Waals surface area contributed by atoms with Crippen molar-refractivity contribution < 1.29 is 24.2 Å². The smallest absolute Gasteiger partial charge is 0.318 e. The van der Waals surface area contributed by atoms with Crippen molar-refractivity contribution in [2.24, 2.45) is 0 Å². The molecule has 154 valence electrons. The average Bonchev–Trinajstić information content (AvgIpc) is 2.96. The summed E-state index contributed by atoms with van der Waals surface area (Å²) in [6, 6.07) is 9.47. The molecule has 0 radical (unpaired) electrons. The molecule has 0 saturated carbocycles. The number of imide groups is 1. The Morgan fingerprint density at radius 3 is 2.53 bits per heavy atom. The molecule has 2 aromatic rings. The molecule has 0 unspecified atom stereocenters. The molecule has 0 atom stereocenters. The van der Waals surface area contributed by atoms with Gasteiger partial charge in [-0.3, -0.25) is 34.7 Å². The van der Waals surface area contributed by atoms with Crippen LogP contribution in [-0.4, -0.2) is 32.4 Å². The fraction of sp³-hybridized carbons (Fsp3) is 0.158. The summed E-state index contributed by atoms with van der Waals surface area (Å²) in [7, 11) is 0. The fourth-order valence-electron chi connectivity index (χ4n) is 2.71. The zero-order valence-corrected chi connectivity index (χ0v) is 16.5. The first-order valence-corrected chi connectivity index (χ1v) is 9.58. The van der Waals surface area contributed by atoms with Crippen LogP contribution in [0.3, 0.4) is 0 Å². The quantitative estimate of drug-likeness (QED) is 0.350. The van der Waals surface area contributed by atoms with Crippen LogP contribution in [0.5, 0.6) is 11.5 Å². The topological polar surface area (TPSA) is 133 Å². The van der Waals surface area contributed by atoms with E-state index < -0.39 is 21.2 Å². The molecule has 3 rings (SSSR count). The Labute approximate surface area is 174 Å². The summed E-state index contributed by atoms with van der Waals surface area (Å²) in [4.78, 5) is 46.3. The van der Waals surface area contributed by atoms with Gasteiger partial charge in [-0.05, 0) is 48.0 Å². The summed E-state index contributed by atoms with van der Waals surface area (Å²) in [5, 5.41) is 21.8. The van der Waals surface area contributed by atoms with E-state index >= 15 is 0 Å². The standard InChI is InChI=1S/C19H15N3O7S/c1-2-8-20-18(23)17(30-19(20)24)10-12-4-3-5-14(9-12)29-16-7-6-13(21(25)26)11-15(16)22(27)28/h3-7,9-11H,2,8H2,1H3/b17-10+. The number of carbonyl (C=O) groups excluding carboxylic acids is 2. The molecule has 0 bridgehead atoms. The molecule has 10 nitrogen and oxygen atoms in total. The van der Waals surface area contributed by atoms with Crippen LogP contribution in [0.25, 0.3) is 6.08 Å². The number of hydrogen-bond donors (Lipinski definition) is 0. The summed E-state index contributed by atoms with van der Waals surface area (Å²) in [5.74, 6) is -0.302. The highest BCUT2D eigenvalue weighted by Crippen LogP contribution is 2.36. The van der Waals surface area contributed by atoms with Gasteiger partial charge in [-0.1, -0.05) is 19.1 Å². The number of benzene rings is 2. The van der Waals surface area contributed by atoms with E-state index in [0.29, 0.717) is 18.5 Å². The van der Waals surface area contributed by atoms with Gasteiger partial charge in [0.25, 0.3) is 16.8 Å². The van der Waals surface area contributed by atoms with Crippen molar-refractivity contribution in [3.05, 3.63) is 73.2 Å². The van der Waals surface area contributed by atoms with Crippen molar-refractivity contribution >= 4 is 40.4 Å². The van der Waals surface area contributed by atoms with Crippen molar-refractivity contribution in [2.45, 2.75) is 13.3 Å². The van der Waals surface area contributed by atoms with Gasteiger partial charge < -0.3 is 4.74 Å². The van der Waals surface area contributed by atoms with Gasteiger partial charge in [0.15, 0.2) is 0 Å². The van der Waals surface area contributed by atoms with Gasteiger partial charge in [0, 0.05) is 12.6 Å². The van der Waals surface area contributed by atoms with Crippen LogP contribution in [-0.2, 0) is 4.79 Å². The lowest BCUT2D eigenvalue weighted by Gasteiger charge is -2.09. The van der Waals surface area contributed by atoms with Gasteiger partial charge in [0.1, 0.15) is 5.75 Å². The SMILES string of the molecule is CCCN1C(=O)S/C(=C/c2cccc(Oc3ccc([N+](=O)[O-])cc3[N+](=O)[O-])c2)C1=O. The predicted octanol–water partition coefficient (Wildman–Crippen LogP) is 4.74. The molecule has 2 aromatic carbocycles. The first kappa shape index (κ1) is 21.0. The molecule has 2 amide bonds. The molecule has 0 N–H and O–H groups in total. The van der Waals surface area contributed by atoms with Crippen LogP contribution in [0.4, 0.5) is 16.2 Å². The second-order valence-electron chi connectivity index (χ2n) is 6.17. The van der Waals surface area contributed by atoms with Crippen LogP contribution >= 0.6 is 11.8 Å². The number of non-ortho nitro benzene ring substituents is 1. The lowest BCUT2D eigenvalue weighted by atomic mass is 10.2. The van der Waals surface area contributed by atoms with Crippen molar-refractivity contribution in [1.29, 1.82) is 0 Å². The maximum atomic E-state index is 12.3. The highest BCUT2D eigenvalue weighted by Gasteiger charge is 2.34. The molecule has 1 fully saturated rings. The number of hydrogen-bond acceptors (Lipinski definition) is 8. The normalized spacial score (nSPS) is 15.0. The Morgan fingerprint density at radius 1 is 1.10 bits per heavy atom. The summed E-state index contributed by atoms with van der Waals surface area (Å²) < 4.78 is 5.56. The van der Waals surface area contributed by atoms with E-state index in [-0.39, 0.29) is 27.6 Å². The monoisotopic (exact) mass is 429 g/mol. The molecule has 0 aromatic heterocycles. The Bertz CT molecular complexity index is 1080. The predicted molar refractivity (Wildman–Crippen MR) is 109 cm³/mol. The number of nitrogens with zero attached hydrogens (tertiary/aromatic N) is 3. The summed E-state index contributed by atoms with van der Waals surface area (Å²) in [6.07, 6.45) is 2.19. The Hall–Kier alpha value is -3.73. The minimum atomic E-state index is -0.768. The Morgan fingerprint density at radius 2 is 1.87 bits per heavy atom. The van der Waals surface area contributed by atoms with E-state index in [0.717, 1.165) is 30.0 Å². The van der Waals surface area contributed by atoms with Gasteiger partial charge in [-0.25, -0.2) is 0 Å². The first-order valence-electron chi connectivity index (χ1n) is 8.76. The van der Waals surface area contributed by atoms with Gasteiger partial charge in [-0.2, -0.15) is 0 Å². The Balaban J connectivity index is 1.87. The average molecular weight is 429 g/mol. The van der Waals surface area contributed by atoms with Crippen molar-refractivity contribution in [2.75, 3.05) is 6.54 Å². The second-order valence-corrected chi connectivity index (χ2v) is 7.17. The Kier molecular flexibility index (Phi) is 6.11. The highest BCUT2D eigenvalue weighted by atomic mass is 32.2. The number of thioether (sulfide) groups is 1. The molecule has 30 heavy (non-hydrogen) atoms. The van der Waals surface area contributed by atoms with Crippen LogP contribution in [0.15, 0.2) is 47.4 Å². The summed E-state index contributed by atoms with van der Waals surface area (Å²) >= 11 is 0.842. The molecule has 11 heteroatoms. The molecule has 1 saturated heterocycles. The van der Waals surface area contributed by atoms with E-state index in [1.54, 1.807) is 24.3 Å².